The number of hydrogen-bond donors (Lipinski definition) is 0. The zero-order valence-corrected chi connectivity index (χ0v) is 17.8. The van der Waals surface area contributed by atoms with E-state index in [-0.39, 0.29) is 11.4 Å². The molecule has 1 aliphatic rings. The van der Waals surface area contributed by atoms with E-state index in [0.29, 0.717) is 16.0 Å². The molecule has 0 unspecified atom stereocenters. The molecule has 1 heterocycles. The second-order valence-electron chi connectivity index (χ2n) is 6.24. The van der Waals surface area contributed by atoms with Gasteiger partial charge in [-0.15, -0.1) is 0 Å². The van der Waals surface area contributed by atoms with E-state index >= 15 is 0 Å². The van der Waals surface area contributed by atoms with Crippen molar-refractivity contribution in [1.29, 1.82) is 0 Å². The number of nitro groups is 2. The topological polar surface area (TPSA) is 108 Å². The van der Waals surface area contributed by atoms with Gasteiger partial charge in [0, 0.05) is 25.2 Å². The summed E-state index contributed by atoms with van der Waals surface area (Å²) >= 11 is 3.19. The lowest BCUT2D eigenvalue weighted by Gasteiger charge is -2.29. The molecule has 0 amide bonds. The minimum absolute atomic E-state index is 0.0232. The van der Waals surface area contributed by atoms with E-state index in [9.17, 15) is 20.2 Å². The molecule has 2 aromatic carbocycles. The van der Waals surface area contributed by atoms with Crippen molar-refractivity contribution >= 4 is 33.0 Å². The van der Waals surface area contributed by atoms with Gasteiger partial charge >= 0.3 is 0 Å². The summed E-state index contributed by atoms with van der Waals surface area (Å²) in [5.74, 6) is 1.05. The highest BCUT2D eigenvalue weighted by Gasteiger charge is 2.18. The Balaban J connectivity index is 0.000000221. The van der Waals surface area contributed by atoms with Crippen LogP contribution < -0.4 is 14.4 Å². The van der Waals surface area contributed by atoms with Gasteiger partial charge < -0.3 is 14.4 Å². The van der Waals surface area contributed by atoms with Crippen LogP contribution in [-0.4, -0.2) is 37.2 Å². The molecule has 0 aromatic heterocycles. The zero-order chi connectivity index (χ0) is 21.4. The molecular formula is C19H22BrN3O6. The van der Waals surface area contributed by atoms with Gasteiger partial charge in [0.1, 0.15) is 11.5 Å². The van der Waals surface area contributed by atoms with Crippen molar-refractivity contribution in [2.24, 2.45) is 0 Å². The summed E-state index contributed by atoms with van der Waals surface area (Å²) in [5.41, 5.74) is 1.05. The largest absolute Gasteiger partial charge is 0.495 e. The van der Waals surface area contributed by atoms with Crippen molar-refractivity contribution in [3.63, 3.8) is 0 Å². The Bertz CT molecular complexity index is 871. The standard InChI is InChI=1S/C12H16N2O3.C7H6BrNO3/c1-17-12-9-10(14(15)16)5-6-11(12)13-7-3-2-4-8-13;1-12-7-4-5(9(10)11)2-3-6(7)8/h5-6,9H,2-4,7-8H2,1H3;2-4H,1H3. The molecule has 0 spiro atoms. The molecule has 0 bridgehead atoms. The third-order valence-electron chi connectivity index (χ3n) is 4.42. The van der Waals surface area contributed by atoms with Gasteiger partial charge in [0.2, 0.25) is 0 Å². The normalized spacial score (nSPS) is 13.1. The molecule has 0 radical (unpaired) electrons. The number of halogens is 1. The fourth-order valence-corrected chi connectivity index (χ4v) is 3.35. The van der Waals surface area contributed by atoms with E-state index in [1.165, 1.54) is 50.6 Å². The number of ether oxygens (including phenoxy) is 2. The van der Waals surface area contributed by atoms with Crippen LogP contribution in [0.1, 0.15) is 19.3 Å². The molecule has 9 nitrogen and oxygen atoms in total. The Hall–Kier alpha value is -2.88. The minimum Gasteiger partial charge on any atom is -0.495 e. The predicted molar refractivity (Wildman–Crippen MR) is 113 cm³/mol. The molecule has 0 saturated carbocycles. The average molecular weight is 468 g/mol. The van der Waals surface area contributed by atoms with Crippen LogP contribution in [0, 0.1) is 20.2 Å². The summed E-state index contributed by atoms with van der Waals surface area (Å²) in [7, 11) is 3.01. The number of hydrogen-bond acceptors (Lipinski definition) is 7. The number of non-ortho nitro benzene ring substituents is 2. The van der Waals surface area contributed by atoms with Crippen molar-refractivity contribution in [2.45, 2.75) is 19.3 Å². The molecule has 29 heavy (non-hydrogen) atoms. The first-order valence-corrected chi connectivity index (χ1v) is 9.72. The third kappa shape index (κ3) is 6.05. The molecule has 1 aliphatic heterocycles. The van der Waals surface area contributed by atoms with Gasteiger partial charge in [-0.25, -0.2) is 0 Å². The average Bonchev–Trinajstić information content (AvgIpc) is 2.74. The minimum atomic E-state index is -0.463. The van der Waals surface area contributed by atoms with Crippen molar-refractivity contribution in [3.8, 4) is 11.5 Å². The van der Waals surface area contributed by atoms with E-state index in [1.807, 2.05) is 0 Å². The van der Waals surface area contributed by atoms with E-state index in [4.69, 9.17) is 9.47 Å². The van der Waals surface area contributed by atoms with Crippen molar-refractivity contribution in [3.05, 3.63) is 61.1 Å². The molecule has 1 saturated heterocycles. The molecule has 2 aromatic rings. The molecule has 156 valence electrons. The quantitative estimate of drug-likeness (QED) is 0.451. The maximum Gasteiger partial charge on any atom is 0.273 e. The number of anilines is 1. The summed E-state index contributed by atoms with van der Waals surface area (Å²) in [6.45, 7) is 1.99. The fourth-order valence-electron chi connectivity index (χ4n) is 2.94. The number of nitro benzene ring substituents is 2. The molecule has 3 rings (SSSR count). The van der Waals surface area contributed by atoms with Crippen molar-refractivity contribution in [2.75, 3.05) is 32.2 Å². The lowest BCUT2D eigenvalue weighted by Crippen LogP contribution is -2.29. The monoisotopic (exact) mass is 467 g/mol. The zero-order valence-electron chi connectivity index (χ0n) is 16.2. The van der Waals surface area contributed by atoms with Crippen LogP contribution in [0.2, 0.25) is 0 Å². The van der Waals surface area contributed by atoms with Gasteiger partial charge in [0.15, 0.2) is 0 Å². The molecular weight excluding hydrogens is 446 g/mol. The number of piperidine rings is 1. The number of rotatable bonds is 5. The van der Waals surface area contributed by atoms with E-state index in [0.717, 1.165) is 18.8 Å². The third-order valence-corrected chi connectivity index (χ3v) is 5.07. The van der Waals surface area contributed by atoms with Gasteiger partial charge in [0.05, 0.1) is 46.4 Å². The number of nitrogens with zero attached hydrogens (tertiary/aromatic N) is 3. The Morgan fingerprint density at radius 2 is 1.38 bits per heavy atom. The van der Waals surface area contributed by atoms with E-state index in [1.54, 1.807) is 19.2 Å². The number of methoxy groups -OCH3 is 2. The Morgan fingerprint density at radius 1 is 0.862 bits per heavy atom. The van der Waals surface area contributed by atoms with Crippen LogP contribution in [0.15, 0.2) is 40.9 Å². The summed E-state index contributed by atoms with van der Waals surface area (Å²) in [5, 5.41) is 21.0. The molecule has 10 heteroatoms. The molecule has 0 N–H and O–H groups in total. The fraction of sp³-hybridized carbons (Fsp3) is 0.368. The predicted octanol–water partition coefficient (Wildman–Crippen LogP) is 4.96. The Morgan fingerprint density at radius 3 is 1.90 bits per heavy atom. The van der Waals surface area contributed by atoms with Gasteiger partial charge in [-0.2, -0.15) is 0 Å². The summed E-state index contributed by atoms with van der Waals surface area (Å²) in [6, 6.07) is 9.16. The van der Waals surface area contributed by atoms with E-state index < -0.39 is 9.85 Å². The van der Waals surface area contributed by atoms with Crippen LogP contribution in [0.25, 0.3) is 0 Å². The van der Waals surface area contributed by atoms with Gasteiger partial charge in [0.25, 0.3) is 11.4 Å². The summed E-state index contributed by atoms with van der Waals surface area (Å²) in [4.78, 5) is 22.4. The lowest BCUT2D eigenvalue weighted by atomic mass is 10.1. The van der Waals surface area contributed by atoms with Gasteiger partial charge in [-0.05, 0) is 47.3 Å². The van der Waals surface area contributed by atoms with Gasteiger partial charge in [-0.3, -0.25) is 20.2 Å². The van der Waals surface area contributed by atoms with Crippen LogP contribution >= 0.6 is 15.9 Å². The smallest absolute Gasteiger partial charge is 0.273 e. The highest BCUT2D eigenvalue weighted by Crippen LogP contribution is 2.33. The maximum atomic E-state index is 10.7. The maximum absolute atomic E-state index is 10.7. The SMILES string of the molecule is COc1cc([N+](=O)[O-])ccc1Br.COc1cc([N+](=O)[O-])ccc1N1CCCCC1. The lowest BCUT2D eigenvalue weighted by molar-refractivity contribution is -0.385. The summed E-state index contributed by atoms with van der Waals surface area (Å²) < 4.78 is 10.8. The first-order valence-electron chi connectivity index (χ1n) is 8.92. The highest BCUT2D eigenvalue weighted by molar-refractivity contribution is 9.10. The molecule has 1 fully saturated rings. The van der Waals surface area contributed by atoms with Crippen LogP contribution in [0.5, 0.6) is 11.5 Å². The number of benzene rings is 2. The first kappa shape index (κ1) is 22.4. The second-order valence-corrected chi connectivity index (χ2v) is 7.09. The summed E-state index contributed by atoms with van der Waals surface area (Å²) in [6.07, 6.45) is 3.59. The van der Waals surface area contributed by atoms with Gasteiger partial charge in [-0.1, -0.05) is 0 Å². The second kappa shape index (κ2) is 10.6. The van der Waals surface area contributed by atoms with Crippen molar-refractivity contribution in [1.82, 2.24) is 0 Å². The highest BCUT2D eigenvalue weighted by atomic mass is 79.9. The van der Waals surface area contributed by atoms with Crippen molar-refractivity contribution < 1.29 is 19.3 Å². The van der Waals surface area contributed by atoms with Crippen LogP contribution in [0.4, 0.5) is 17.1 Å². The Labute approximate surface area is 176 Å². The molecule has 0 atom stereocenters. The van der Waals surface area contributed by atoms with Crippen LogP contribution in [0.3, 0.4) is 0 Å². The van der Waals surface area contributed by atoms with E-state index in [2.05, 4.69) is 20.8 Å². The Kier molecular flexibility index (Phi) is 8.20. The van der Waals surface area contributed by atoms with Crippen LogP contribution in [-0.2, 0) is 0 Å². The molecule has 0 aliphatic carbocycles. The first-order chi connectivity index (χ1) is 13.9.